The van der Waals surface area contributed by atoms with Crippen molar-refractivity contribution in [3.05, 3.63) is 6.20 Å². The molecule has 1 aromatic heterocycles. The fourth-order valence-electron chi connectivity index (χ4n) is 2.32. The van der Waals surface area contributed by atoms with Gasteiger partial charge in [0.1, 0.15) is 5.69 Å². The molecule has 1 aliphatic rings. The molecule has 0 saturated heterocycles. The highest BCUT2D eigenvalue weighted by Gasteiger charge is 2.23. The third kappa shape index (κ3) is 3.65. The number of nitrogens with zero attached hydrogens (tertiary/aromatic N) is 2. The zero-order valence-electron chi connectivity index (χ0n) is 10.7. The van der Waals surface area contributed by atoms with E-state index in [4.69, 9.17) is 0 Å². The summed E-state index contributed by atoms with van der Waals surface area (Å²) in [4.78, 5) is 12.0. The average molecular weight is 273 g/mol. The second-order valence-electron chi connectivity index (χ2n) is 4.72. The first kappa shape index (κ1) is 13.8. The minimum absolute atomic E-state index is 0.0478. The maximum absolute atomic E-state index is 12.2. The van der Waals surface area contributed by atoms with Crippen LogP contribution in [0.5, 0.6) is 5.88 Å². The molecule has 0 aliphatic heterocycles. The van der Waals surface area contributed by atoms with E-state index in [9.17, 15) is 13.6 Å². The van der Waals surface area contributed by atoms with E-state index in [0.717, 1.165) is 32.1 Å². The largest absolute Gasteiger partial charge is 0.413 e. The van der Waals surface area contributed by atoms with Gasteiger partial charge < -0.3 is 10.1 Å². The average Bonchev–Trinajstić information content (AvgIpc) is 2.69. The van der Waals surface area contributed by atoms with Gasteiger partial charge in [0.2, 0.25) is 5.91 Å². The Morgan fingerprint density at radius 3 is 2.79 bits per heavy atom. The van der Waals surface area contributed by atoms with Crippen LogP contribution < -0.4 is 10.1 Å². The van der Waals surface area contributed by atoms with Crippen LogP contribution in [0, 0.1) is 5.92 Å². The van der Waals surface area contributed by atoms with Crippen LogP contribution in [0.4, 0.5) is 14.5 Å². The first-order valence-electron chi connectivity index (χ1n) is 6.35. The van der Waals surface area contributed by atoms with Crippen molar-refractivity contribution in [1.82, 2.24) is 9.78 Å². The van der Waals surface area contributed by atoms with Crippen LogP contribution in [0.2, 0.25) is 0 Å². The van der Waals surface area contributed by atoms with E-state index in [1.165, 1.54) is 10.9 Å². The van der Waals surface area contributed by atoms with E-state index >= 15 is 0 Å². The van der Waals surface area contributed by atoms with Crippen LogP contribution >= 0.6 is 0 Å². The molecule has 1 aliphatic carbocycles. The summed E-state index contributed by atoms with van der Waals surface area (Å²) in [5.74, 6) is -0.443. The summed E-state index contributed by atoms with van der Waals surface area (Å²) in [7, 11) is 1.58. The SMILES string of the molecule is Cn1cc(NC(=O)C2CCCCC2)c(OC(F)F)n1. The molecule has 2 rings (SSSR count). The number of hydrogen-bond acceptors (Lipinski definition) is 3. The van der Waals surface area contributed by atoms with E-state index in [-0.39, 0.29) is 23.4 Å². The zero-order valence-corrected chi connectivity index (χ0v) is 10.7. The second-order valence-corrected chi connectivity index (χ2v) is 4.72. The van der Waals surface area contributed by atoms with E-state index in [1.54, 1.807) is 7.05 Å². The van der Waals surface area contributed by atoms with Gasteiger partial charge in [0.15, 0.2) is 0 Å². The fourth-order valence-corrected chi connectivity index (χ4v) is 2.32. The first-order chi connectivity index (χ1) is 9.06. The van der Waals surface area contributed by atoms with Gasteiger partial charge in [0.25, 0.3) is 5.88 Å². The quantitative estimate of drug-likeness (QED) is 0.917. The summed E-state index contributed by atoms with van der Waals surface area (Å²) >= 11 is 0. The predicted octanol–water partition coefficient (Wildman–Crippen LogP) is 2.54. The number of nitrogens with one attached hydrogen (secondary N) is 1. The van der Waals surface area contributed by atoms with Gasteiger partial charge in [-0.1, -0.05) is 19.3 Å². The van der Waals surface area contributed by atoms with Gasteiger partial charge in [0, 0.05) is 13.0 Å². The number of aromatic nitrogens is 2. The summed E-state index contributed by atoms with van der Waals surface area (Å²) in [6, 6.07) is 0. The number of rotatable bonds is 4. The Balaban J connectivity index is 2.03. The Hall–Kier alpha value is -1.66. The van der Waals surface area contributed by atoms with Crippen molar-refractivity contribution in [2.75, 3.05) is 5.32 Å². The molecule has 0 aromatic carbocycles. The van der Waals surface area contributed by atoms with Crippen molar-refractivity contribution in [3.63, 3.8) is 0 Å². The Morgan fingerprint density at radius 2 is 2.16 bits per heavy atom. The molecule has 1 amide bonds. The molecule has 0 radical (unpaired) electrons. The highest BCUT2D eigenvalue weighted by atomic mass is 19.3. The van der Waals surface area contributed by atoms with Gasteiger partial charge >= 0.3 is 6.61 Å². The number of carbonyl (C=O) groups excluding carboxylic acids is 1. The molecule has 0 unspecified atom stereocenters. The summed E-state index contributed by atoms with van der Waals surface area (Å²) < 4.78 is 30.0. The highest BCUT2D eigenvalue weighted by Crippen LogP contribution is 2.28. The van der Waals surface area contributed by atoms with Crippen molar-refractivity contribution >= 4 is 11.6 Å². The number of anilines is 1. The predicted molar refractivity (Wildman–Crippen MR) is 65.0 cm³/mol. The van der Waals surface area contributed by atoms with Gasteiger partial charge in [-0.2, -0.15) is 8.78 Å². The normalized spacial score (nSPS) is 16.6. The van der Waals surface area contributed by atoms with Crippen LogP contribution in [0.1, 0.15) is 32.1 Å². The number of carbonyl (C=O) groups is 1. The monoisotopic (exact) mass is 273 g/mol. The summed E-state index contributed by atoms with van der Waals surface area (Å²) in [5.41, 5.74) is 0.193. The summed E-state index contributed by atoms with van der Waals surface area (Å²) in [5, 5.41) is 6.37. The van der Waals surface area contributed by atoms with E-state index < -0.39 is 6.61 Å². The van der Waals surface area contributed by atoms with Crippen molar-refractivity contribution in [1.29, 1.82) is 0 Å². The molecule has 1 N–H and O–H groups in total. The number of aryl methyl sites for hydroxylation is 1. The van der Waals surface area contributed by atoms with Gasteiger partial charge in [-0.05, 0) is 12.8 Å². The van der Waals surface area contributed by atoms with Gasteiger partial charge in [-0.25, -0.2) is 0 Å². The molecule has 1 heterocycles. The topological polar surface area (TPSA) is 56.2 Å². The minimum atomic E-state index is -2.96. The molecule has 0 atom stereocenters. The molecular weight excluding hydrogens is 256 g/mol. The van der Waals surface area contributed by atoms with Crippen molar-refractivity contribution in [3.8, 4) is 5.88 Å². The highest BCUT2D eigenvalue weighted by molar-refractivity contribution is 5.93. The third-order valence-corrected chi connectivity index (χ3v) is 3.23. The Kier molecular flexibility index (Phi) is 4.34. The molecule has 0 bridgehead atoms. The third-order valence-electron chi connectivity index (χ3n) is 3.23. The first-order valence-corrected chi connectivity index (χ1v) is 6.35. The molecule has 19 heavy (non-hydrogen) atoms. The smallest absolute Gasteiger partial charge is 0.388 e. The summed E-state index contributed by atoms with van der Waals surface area (Å²) in [6.07, 6.45) is 6.36. The van der Waals surface area contributed by atoms with E-state index in [1.807, 2.05) is 0 Å². The van der Waals surface area contributed by atoms with Crippen LogP contribution in [0.15, 0.2) is 6.20 Å². The second kappa shape index (κ2) is 5.99. The molecule has 1 aromatic rings. The van der Waals surface area contributed by atoms with Gasteiger partial charge in [-0.3, -0.25) is 9.48 Å². The lowest BCUT2D eigenvalue weighted by molar-refractivity contribution is -0.120. The van der Waals surface area contributed by atoms with Crippen molar-refractivity contribution < 1.29 is 18.3 Å². The standard InChI is InChI=1S/C12H17F2N3O2/c1-17-7-9(11(16-17)19-12(13)14)15-10(18)8-5-3-2-4-6-8/h7-8,12H,2-6H2,1H3,(H,15,18). The van der Waals surface area contributed by atoms with Crippen molar-refractivity contribution in [2.45, 2.75) is 38.7 Å². The molecule has 1 fully saturated rings. The van der Waals surface area contributed by atoms with Crippen molar-refractivity contribution in [2.24, 2.45) is 13.0 Å². The van der Waals surface area contributed by atoms with Crippen LogP contribution in [-0.2, 0) is 11.8 Å². The zero-order chi connectivity index (χ0) is 13.8. The Bertz CT molecular complexity index is 442. The maximum atomic E-state index is 12.2. The van der Waals surface area contributed by atoms with E-state index in [2.05, 4.69) is 15.2 Å². The number of hydrogen-bond donors (Lipinski definition) is 1. The molecule has 1 saturated carbocycles. The molecular formula is C12H17F2N3O2. The number of ether oxygens (including phenoxy) is 1. The van der Waals surface area contributed by atoms with Gasteiger partial charge in [-0.15, -0.1) is 5.10 Å². The van der Waals surface area contributed by atoms with Crippen LogP contribution in [0.25, 0.3) is 0 Å². The molecule has 106 valence electrons. The maximum Gasteiger partial charge on any atom is 0.388 e. The lowest BCUT2D eigenvalue weighted by Gasteiger charge is -2.20. The van der Waals surface area contributed by atoms with Gasteiger partial charge in [0.05, 0.1) is 6.20 Å². The lowest BCUT2D eigenvalue weighted by Crippen LogP contribution is -2.24. The Morgan fingerprint density at radius 1 is 1.47 bits per heavy atom. The molecule has 5 nitrogen and oxygen atoms in total. The van der Waals surface area contributed by atoms with Crippen LogP contribution in [0.3, 0.4) is 0 Å². The number of alkyl halides is 2. The fraction of sp³-hybridized carbons (Fsp3) is 0.667. The Labute approximate surface area is 109 Å². The minimum Gasteiger partial charge on any atom is -0.413 e. The number of halogens is 2. The molecule has 7 heteroatoms. The summed E-state index contributed by atoms with van der Waals surface area (Å²) in [6.45, 7) is -2.96. The van der Waals surface area contributed by atoms with Crippen LogP contribution in [-0.4, -0.2) is 22.3 Å². The number of amides is 1. The molecule has 0 spiro atoms. The lowest BCUT2D eigenvalue weighted by atomic mass is 9.88. The van der Waals surface area contributed by atoms with E-state index in [0.29, 0.717) is 0 Å².